The summed E-state index contributed by atoms with van der Waals surface area (Å²) < 4.78 is 5.56. The minimum absolute atomic E-state index is 0.199. The van der Waals surface area contributed by atoms with E-state index in [1.54, 1.807) is 21.6 Å². The number of pyridine rings is 1. The van der Waals surface area contributed by atoms with Crippen LogP contribution in [0.4, 0.5) is 0 Å². The van der Waals surface area contributed by atoms with Crippen LogP contribution in [0.1, 0.15) is 23.3 Å². The van der Waals surface area contributed by atoms with Crippen molar-refractivity contribution < 1.29 is 9.63 Å². The number of carbonyl (C=O) groups excluding carboxylic acids is 1. The second-order valence-corrected chi connectivity index (χ2v) is 6.90. The molecule has 0 aliphatic carbocycles. The van der Waals surface area contributed by atoms with E-state index in [0.717, 1.165) is 35.3 Å². The van der Waals surface area contributed by atoms with Gasteiger partial charge in [-0.2, -0.15) is 10.2 Å². The second kappa shape index (κ2) is 6.65. The van der Waals surface area contributed by atoms with E-state index in [1.165, 1.54) is 5.06 Å². The monoisotopic (exact) mass is 376 g/mol. The van der Waals surface area contributed by atoms with Crippen LogP contribution in [-0.4, -0.2) is 48.1 Å². The maximum Gasteiger partial charge on any atom is 0.297 e. The number of hydrogen-bond acceptors (Lipinski definition) is 4. The van der Waals surface area contributed by atoms with Crippen molar-refractivity contribution in [3.8, 4) is 16.9 Å². The molecule has 0 N–H and O–H groups in total. The van der Waals surface area contributed by atoms with Crippen molar-refractivity contribution >= 4 is 11.4 Å². The van der Waals surface area contributed by atoms with Crippen molar-refractivity contribution in [3.63, 3.8) is 0 Å². The molecule has 0 atom stereocenters. The maximum atomic E-state index is 12.6. The van der Waals surface area contributed by atoms with Crippen molar-refractivity contribution in [1.82, 2.24) is 29.0 Å². The molecule has 0 saturated carbocycles. The molecule has 1 saturated heterocycles. The molecule has 4 aromatic heterocycles. The molecule has 5 rings (SSSR count). The molecule has 4 aromatic rings. The number of amides is 1. The standard InChI is InChI=1S/C20H20N6O2/c1-23-13-16(12-21-23)15-4-5-17-6-7-19(24(17)14-15)25-10-8-18(22-25)20(27)26-9-2-3-11-28-26/h4-8,10,12-14H,2-3,9,11H2,1H3. The Morgan fingerprint density at radius 3 is 2.75 bits per heavy atom. The normalized spacial score (nSPS) is 14.7. The van der Waals surface area contributed by atoms with Gasteiger partial charge in [-0.25, -0.2) is 9.75 Å². The lowest BCUT2D eigenvalue weighted by Gasteiger charge is -2.24. The van der Waals surface area contributed by atoms with Gasteiger partial charge in [-0.05, 0) is 37.1 Å². The van der Waals surface area contributed by atoms with Gasteiger partial charge in [0, 0.05) is 48.8 Å². The molecule has 8 nitrogen and oxygen atoms in total. The van der Waals surface area contributed by atoms with Crippen molar-refractivity contribution in [2.24, 2.45) is 7.05 Å². The number of rotatable bonds is 3. The molecule has 1 amide bonds. The Balaban J connectivity index is 1.49. The summed E-state index contributed by atoms with van der Waals surface area (Å²) in [5.41, 5.74) is 3.52. The van der Waals surface area contributed by atoms with E-state index in [2.05, 4.69) is 32.9 Å². The summed E-state index contributed by atoms with van der Waals surface area (Å²) in [5, 5.41) is 10.1. The van der Waals surface area contributed by atoms with Crippen LogP contribution in [-0.2, 0) is 11.9 Å². The molecular formula is C20H20N6O2. The molecule has 0 bridgehead atoms. The van der Waals surface area contributed by atoms with Gasteiger partial charge >= 0.3 is 0 Å². The summed E-state index contributed by atoms with van der Waals surface area (Å²) in [6.07, 6.45) is 9.61. The van der Waals surface area contributed by atoms with Crippen LogP contribution < -0.4 is 0 Å². The van der Waals surface area contributed by atoms with Crippen molar-refractivity contribution in [2.45, 2.75) is 12.8 Å². The van der Waals surface area contributed by atoms with Gasteiger partial charge in [0.1, 0.15) is 5.82 Å². The van der Waals surface area contributed by atoms with Crippen LogP contribution in [0.2, 0.25) is 0 Å². The zero-order valence-electron chi connectivity index (χ0n) is 15.5. The number of nitrogens with zero attached hydrogens (tertiary/aromatic N) is 6. The molecule has 0 unspecified atom stereocenters. The summed E-state index contributed by atoms with van der Waals surface area (Å²) >= 11 is 0. The molecule has 8 heteroatoms. The average molecular weight is 376 g/mol. The number of hydrogen-bond donors (Lipinski definition) is 0. The van der Waals surface area contributed by atoms with Gasteiger partial charge in [-0.15, -0.1) is 0 Å². The minimum Gasteiger partial charge on any atom is -0.301 e. The Bertz CT molecular complexity index is 1150. The third-order valence-electron chi connectivity index (χ3n) is 4.94. The molecule has 1 fully saturated rings. The van der Waals surface area contributed by atoms with Crippen molar-refractivity contribution in [1.29, 1.82) is 0 Å². The Morgan fingerprint density at radius 1 is 1.07 bits per heavy atom. The molecule has 142 valence electrons. The summed E-state index contributed by atoms with van der Waals surface area (Å²) in [5.74, 6) is 0.662. The van der Waals surface area contributed by atoms with Crippen molar-refractivity contribution in [3.05, 3.63) is 60.8 Å². The highest BCUT2D eigenvalue weighted by Gasteiger charge is 2.22. The molecule has 1 aliphatic heterocycles. The Morgan fingerprint density at radius 2 is 1.96 bits per heavy atom. The largest absolute Gasteiger partial charge is 0.301 e. The van der Waals surface area contributed by atoms with Gasteiger partial charge < -0.3 is 4.40 Å². The van der Waals surface area contributed by atoms with Crippen LogP contribution in [0, 0.1) is 0 Å². The average Bonchev–Trinajstić information content (AvgIpc) is 3.46. The predicted molar refractivity (Wildman–Crippen MR) is 103 cm³/mol. The Kier molecular flexibility index (Phi) is 3.98. The maximum absolute atomic E-state index is 12.6. The van der Waals surface area contributed by atoms with Crippen LogP contribution in [0.3, 0.4) is 0 Å². The number of fused-ring (bicyclic) bond motifs is 1. The Labute approximate surface area is 161 Å². The number of aryl methyl sites for hydroxylation is 1. The molecule has 5 heterocycles. The lowest BCUT2D eigenvalue weighted by Crippen LogP contribution is -2.36. The topological polar surface area (TPSA) is 69.6 Å². The van der Waals surface area contributed by atoms with Gasteiger partial charge in [-0.1, -0.05) is 6.07 Å². The summed E-state index contributed by atoms with van der Waals surface area (Å²) in [7, 11) is 1.90. The van der Waals surface area contributed by atoms with E-state index in [-0.39, 0.29) is 5.91 Å². The van der Waals surface area contributed by atoms with E-state index in [0.29, 0.717) is 18.8 Å². The van der Waals surface area contributed by atoms with Gasteiger partial charge in [0.2, 0.25) is 0 Å². The fraction of sp³-hybridized carbons (Fsp3) is 0.250. The first-order valence-corrected chi connectivity index (χ1v) is 9.30. The lowest BCUT2D eigenvalue weighted by molar-refractivity contribution is -0.144. The number of aromatic nitrogens is 5. The third-order valence-corrected chi connectivity index (χ3v) is 4.94. The second-order valence-electron chi connectivity index (χ2n) is 6.90. The van der Waals surface area contributed by atoms with E-state index in [1.807, 2.05) is 31.6 Å². The van der Waals surface area contributed by atoms with Gasteiger partial charge in [-0.3, -0.25) is 14.3 Å². The molecule has 0 radical (unpaired) electrons. The van der Waals surface area contributed by atoms with Crippen molar-refractivity contribution in [2.75, 3.05) is 13.2 Å². The quantitative estimate of drug-likeness (QED) is 0.551. The fourth-order valence-electron chi connectivity index (χ4n) is 3.46. The first-order chi connectivity index (χ1) is 13.7. The SMILES string of the molecule is Cn1cc(-c2ccc3ccc(-n4ccc(C(=O)N5CCCCO5)n4)n3c2)cn1. The van der Waals surface area contributed by atoms with Crippen LogP contribution in [0.5, 0.6) is 0 Å². The zero-order valence-corrected chi connectivity index (χ0v) is 15.5. The van der Waals surface area contributed by atoms with Crippen LogP contribution in [0.25, 0.3) is 22.5 Å². The molecule has 0 aromatic carbocycles. The number of carbonyl (C=O) groups is 1. The molecule has 0 spiro atoms. The highest BCUT2D eigenvalue weighted by Crippen LogP contribution is 2.22. The summed E-state index contributed by atoms with van der Waals surface area (Å²) in [4.78, 5) is 18.0. The number of hydroxylamine groups is 2. The zero-order chi connectivity index (χ0) is 19.1. The van der Waals surface area contributed by atoms with Crippen LogP contribution in [0.15, 0.2) is 55.1 Å². The van der Waals surface area contributed by atoms with E-state index in [4.69, 9.17) is 4.84 Å². The minimum atomic E-state index is -0.199. The lowest BCUT2D eigenvalue weighted by atomic mass is 10.1. The fourth-order valence-corrected chi connectivity index (χ4v) is 3.46. The van der Waals surface area contributed by atoms with E-state index >= 15 is 0 Å². The molecule has 1 aliphatic rings. The first kappa shape index (κ1) is 16.8. The van der Waals surface area contributed by atoms with Gasteiger partial charge in [0.25, 0.3) is 5.91 Å². The summed E-state index contributed by atoms with van der Waals surface area (Å²) in [6.45, 7) is 1.18. The van der Waals surface area contributed by atoms with Crippen LogP contribution >= 0.6 is 0 Å². The molecular weight excluding hydrogens is 356 g/mol. The van der Waals surface area contributed by atoms with Gasteiger partial charge in [0.15, 0.2) is 5.69 Å². The highest BCUT2D eigenvalue weighted by molar-refractivity contribution is 5.91. The highest BCUT2D eigenvalue weighted by atomic mass is 16.7. The predicted octanol–water partition coefficient (Wildman–Crippen LogP) is 2.69. The van der Waals surface area contributed by atoms with E-state index in [9.17, 15) is 4.79 Å². The summed E-state index contributed by atoms with van der Waals surface area (Å²) in [6, 6.07) is 9.87. The first-order valence-electron chi connectivity index (χ1n) is 9.30. The third kappa shape index (κ3) is 2.87. The van der Waals surface area contributed by atoms with E-state index < -0.39 is 0 Å². The molecule has 28 heavy (non-hydrogen) atoms. The smallest absolute Gasteiger partial charge is 0.297 e. The Hall–Kier alpha value is -3.39. The van der Waals surface area contributed by atoms with Gasteiger partial charge in [0.05, 0.1) is 12.8 Å².